The van der Waals surface area contributed by atoms with Crippen molar-refractivity contribution in [2.24, 2.45) is 7.05 Å². The molecule has 1 saturated heterocycles. The molecule has 0 radical (unpaired) electrons. The topological polar surface area (TPSA) is 47.4 Å². The van der Waals surface area contributed by atoms with Gasteiger partial charge >= 0.3 is 0 Å². The van der Waals surface area contributed by atoms with Crippen LogP contribution in [0.25, 0.3) is 0 Å². The molecule has 1 aliphatic rings. The van der Waals surface area contributed by atoms with Crippen LogP contribution in [0.3, 0.4) is 0 Å². The number of rotatable bonds is 4. The Kier molecular flexibility index (Phi) is 4.76. The van der Waals surface area contributed by atoms with Gasteiger partial charge in [-0.1, -0.05) is 30.3 Å². The van der Waals surface area contributed by atoms with Gasteiger partial charge in [0, 0.05) is 45.6 Å². The van der Waals surface area contributed by atoms with Gasteiger partial charge in [-0.2, -0.15) is 0 Å². The molecule has 1 aromatic carbocycles. The van der Waals surface area contributed by atoms with Crippen molar-refractivity contribution in [1.29, 1.82) is 0 Å². The second kappa shape index (κ2) is 6.96. The summed E-state index contributed by atoms with van der Waals surface area (Å²) in [5.41, 5.74) is 0.909. The molecule has 2 heterocycles. The van der Waals surface area contributed by atoms with Crippen molar-refractivity contribution in [1.82, 2.24) is 14.5 Å². The third kappa shape index (κ3) is 3.29. The van der Waals surface area contributed by atoms with E-state index in [-0.39, 0.29) is 5.91 Å². The van der Waals surface area contributed by atoms with Gasteiger partial charge in [-0.05, 0) is 18.4 Å². The molecule has 0 spiro atoms. The first kappa shape index (κ1) is 15.7. The van der Waals surface area contributed by atoms with Gasteiger partial charge in [-0.25, -0.2) is 4.98 Å². The van der Waals surface area contributed by atoms with E-state index in [9.17, 15) is 4.79 Å². The summed E-state index contributed by atoms with van der Waals surface area (Å²) >= 11 is 0. The number of hydrogen-bond donors (Lipinski definition) is 0. The molecular weight excluding hydrogens is 290 g/mol. The van der Waals surface area contributed by atoms with Crippen molar-refractivity contribution in [3.05, 3.63) is 54.1 Å². The van der Waals surface area contributed by atoms with E-state index >= 15 is 0 Å². The number of piperidine rings is 1. The van der Waals surface area contributed by atoms with Crippen LogP contribution >= 0.6 is 0 Å². The Morgan fingerprint density at radius 1 is 1.26 bits per heavy atom. The number of amides is 1. The number of hydrogen-bond acceptors (Lipinski definition) is 3. The fourth-order valence-electron chi connectivity index (χ4n) is 3.30. The molecule has 5 nitrogen and oxygen atoms in total. The molecule has 5 heteroatoms. The van der Waals surface area contributed by atoms with Crippen molar-refractivity contribution in [2.45, 2.75) is 24.9 Å². The summed E-state index contributed by atoms with van der Waals surface area (Å²) in [4.78, 5) is 19.1. The molecule has 0 aliphatic carbocycles. The van der Waals surface area contributed by atoms with Gasteiger partial charge in [0.1, 0.15) is 5.82 Å². The van der Waals surface area contributed by atoms with E-state index < -0.39 is 6.10 Å². The lowest BCUT2D eigenvalue weighted by Crippen LogP contribution is -2.41. The molecule has 0 unspecified atom stereocenters. The first-order valence-corrected chi connectivity index (χ1v) is 8.04. The van der Waals surface area contributed by atoms with Crippen molar-refractivity contribution < 1.29 is 9.53 Å². The van der Waals surface area contributed by atoms with Crippen LogP contribution in [-0.4, -0.2) is 40.6 Å². The highest BCUT2D eigenvalue weighted by Gasteiger charge is 2.30. The molecule has 0 N–H and O–H groups in total. The molecule has 0 bridgehead atoms. The maximum absolute atomic E-state index is 12.8. The maximum Gasteiger partial charge on any atom is 0.256 e. The average Bonchev–Trinajstić information content (AvgIpc) is 3.02. The molecule has 1 aliphatic heterocycles. The van der Waals surface area contributed by atoms with E-state index in [2.05, 4.69) is 9.55 Å². The molecule has 0 saturated carbocycles. The van der Waals surface area contributed by atoms with Gasteiger partial charge in [-0.15, -0.1) is 0 Å². The number of ether oxygens (including phenoxy) is 1. The number of carbonyl (C=O) groups is 1. The third-order valence-electron chi connectivity index (χ3n) is 4.59. The van der Waals surface area contributed by atoms with Gasteiger partial charge in [0.2, 0.25) is 0 Å². The van der Waals surface area contributed by atoms with E-state index in [1.165, 1.54) is 0 Å². The zero-order valence-corrected chi connectivity index (χ0v) is 13.7. The summed E-state index contributed by atoms with van der Waals surface area (Å²) in [5.74, 6) is 1.59. The number of aryl methyl sites for hydroxylation is 1. The van der Waals surface area contributed by atoms with Crippen LogP contribution in [-0.2, 0) is 16.6 Å². The number of nitrogens with zero attached hydrogens (tertiary/aromatic N) is 3. The van der Waals surface area contributed by atoms with Gasteiger partial charge < -0.3 is 14.2 Å². The van der Waals surface area contributed by atoms with Crippen LogP contribution in [0.4, 0.5) is 0 Å². The number of imidazole rings is 1. The molecule has 1 fully saturated rings. The lowest BCUT2D eigenvalue weighted by atomic mass is 9.95. The summed E-state index contributed by atoms with van der Waals surface area (Å²) in [6.45, 7) is 1.51. The van der Waals surface area contributed by atoms with Crippen LogP contribution in [0.2, 0.25) is 0 Å². The average molecular weight is 313 g/mol. The zero-order valence-electron chi connectivity index (χ0n) is 13.7. The van der Waals surface area contributed by atoms with Gasteiger partial charge in [0.05, 0.1) is 0 Å². The monoisotopic (exact) mass is 313 g/mol. The molecule has 1 amide bonds. The minimum Gasteiger partial charge on any atom is -0.367 e. The predicted octanol–water partition coefficient (Wildman–Crippen LogP) is 2.51. The molecule has 122 valence electrons. The van der Waals surface area contributed by atoms with Crippen molar-refractivity contribution in [2.75, 3.05) is 20.2 Å². The van der Waals surface area contributed by atoms with Gasteiger partial charge in [0.15, 0.2) is 6.10 Å². The van der Waals surface area contributed by atoms with E-state index in [1.54, 1.807) is 7.11 Å². The number of carbonyl (C=O) groups excluding carboxylic acids is 1. The smallest absolute Gasteiger partial charge is 0.256 e. The summed E-state index contributed by atoms with van der Waals surface area (Å²) < 4.78 is 7.54. The van der Waals surface area contributed by atoms with E-state index in [0.29, 0.717) is 5.92 Å². The predicted molar refractivity (Wildman–Crippen MR) is 88.0 cm³/mol. The van der Waals surface area contributed by atoms with Gasteiger partial charge in [0.25, 0.3) is 5.91 Å². The minimum atomic E-state index is -0.513. The van der Waals surface area contributed by atoms with Crippen molar-refractivity contribution in [3.8, 4) is 0 Å². The Hall–Kier alpha value is -2.14. The Bertz CT molecular complexity index is 645. The third-order valence-corrected chi connectivity index (χ3v) is 4.59. The quantitative estimate of drug-likeness (QED) is 0.871. The highest BCUT2D eigenvalue weighted by molar-refractivity contribution is 5.82. The number of likely N-dealkylation sites (tertiary alicyclic amines) is 1. The van der Waals surface area contributed by atoms with Crippen molar-refractivity contribution >= 4 is 5.91 Å². The largest absolute Gasteiger partial charge is 0.367 e. The van der Waals surface area contributed by atoms with Crippen LogP contribution < -0.4 is 0 Å². The summed E-state index contributed by atoms with van der Waals surface area (Å²) in [5, 5.41) is 0. The van der Waals surface area contributed by atoms with E-state index in [4.69, 9.17) is 4.74 Å². The number of aromatic nitrogens is 2. The SMILES string of the molecule is CO[C@H](C(=O)N1CCC(c2nccn2C)CC1)c1ccccc1. The fraction of sp³-hybridized carbons (Fsp3) is 0.444. The molecule has 23 heavy (non-hydrogen) atoms. The Balaban J connectivity index is 1.65. The fourth-order valence-corrected chi connectivity index (χ4v) is 3.30. The zero-order chi connectivity index (χ0) is 16.2. The highest BCUT2D eigenvalue weighted by atomic mass is 16.5. The van der Waals surface area contributed by atoms with Crippen molar-refractivity contribution in [3.63, 3.8) is 0 Å². The second-order valence-electron chi connectivity index (χ2n) is 6.02. The normalized spacial score (nSPS) is 17.2. The van der Waals surface area contributed by atoms with E-state index in [0.717, 1.165) is 37.3 Å². The molecule has 2 aromatic rings. The van der Waals surface area contributed by atoms with Crippen LogP contribution in [0.1, 0.15) is 36.3 Å². The minimum absolute atomic E-state index is 0.0528. The first-order chi connectivity index (χ1) is 11.2. The number of benzene rings is 1. The summed E-state index contributed by atoms with van der Waals surface area (Å²) in [7, 11) is 3.62. The Morgan fingerprint density at radius 2 is 1.96 bits per heavy atom. The Morgan fingerprint density at radius 3 is 2.52 bits per heavy atom. The molecule has 1 aromatic heterocycles. The second-order valence-corrected chi connectivity index (χ2v) is 6.02. The highest BCUT2D eigenvalue weighted by Crippen LogP contribution is 2.28. The lowest BCUT2D eigenvalue weighted by molar-refractivity contribution is -0.143. The Labute approximate surface area is 136 Å². The lowest BCUT2D eigenvalue weighted by Gasteiger charge is -2.33. The van der Waals surface area contributed by atoms with Crippen LogP contribution in [0, 0.1) is 0 Å². The van der Waals surface area contributed by atoms with Gasteiger partial charge in [-0.3, -0.25) is 4.79 Å². The summed E-state index contributed by atoms with van der Waals surface area (Å²) in [6, 6.07) is 9.68. The standard InChI is InChI=1S/C18H23N3O2/c1-20-13-10-19-17(20)15-8-11-21(12-9-15)18(22)16(23-2)14-6-4-3-5-7-14/h3-7,10,13,15-16H,8-9,11-12H2,1-2H3/t16-/m0/s1. The maximum atomic E-state index is 12.8. The molecular formula is C18H23N3O2. The van der Waals surface area contributed by atoms with Crippen LogP contribution in [0.15, 0.2) is 42.7 Å². The summed E-state index contributed by atoms with van der Waals surface area (Å²) in [6.07, 6.45) is 5.19. The van der Waals surface area contributed by atoms with Crippen LogP contribution in [0.5, 0.6) is 0 Å². The molecule has 1 atom stereocenters. The number of methoxy groups -OCH3 is 1. The van der Waals surface area contributed by atoms with E-state index in [1.807, 2.05) is 54.7 Å². The molecule has 3 rings (SSSR count). The first-order valence-electron chi connectivity index (χ1n) is 8.04.